The molecule has 5 heteroatoms. The maximum Gasteiger partial charge on any atom is 0.225 e. The minimum Gasteiger partial charge on any atom is -0.342 e. The van der Waals surface area contributed by atoms with E-state index in [0.29, 0.717) is 11.8 Å². The highest BCUT2D eigenvalue weighted by molar-refractivity contribution is 5.81. The zero-order valence-electron chi connectivity index (χ0n) is 16.1. The molecule has 0 aliphatic carbocycles. The molecule has 2 fully saturated rings. The lowest BCUT2D eigenvalue weighted by atomic mass is 9.89. The van der Waals surface area contributed by atoms with E-state index < -0.39 is 0 Å². The summed E-state index contributed by atoms with van der Waals surface area (Å²) in [7, 11) is 0. The van der Waals surface area contributed by atoms with Crippen LogP contribution in [0.4, 0.5) is 0 Å². The molecule has 2 amide bonds. The Bertz CT molecular complexity index is 601. The molecular weight excluding hydrogens is 326 g/mol. The predicted molar refractivity (Wildman–Crippen MR) is 101 cm³/mol. The maximum atomic E-state index is 12.8. The van der Waals surface area contributed by atoms with Gasteiger partial charge in [0.25, 0.3) is 0 Å². The molecule has 2 aliphatic heterocycles. The van der Waals surface area contributed by atoms with Crippen LogP contribution in [0, 0.1) is 17.8 Å². The number of hydrogen-bond donors (Lipinski definition) is 0. The Hall–Kier alpha value is -1.91. The van der Waals surface area contributed by atoms with Crippen molar-refractivity contribution in [3.05, 3.63) is 30.1 Å². The molecule has 3 heterocycles. The molecule has 26 heavy (non-hydrogen) atoms. The molecule has 0 N–H and O–H groups in total. The van der Waals surface area contributed by atoms with Gasteiger partial charge in [-0.25, -0.2) is 0 Å². The van der Waals surface area contributed by atoms with E-state index in [1.807, 2.05) is 37.2 Å². The quantitative estimate of drug-likeness (QED) is 0.833. The topological polar surface area (TPSA) is 53.5 Å². The van der Waals surface area contributed by atoms with Crippen molar-refractivity contribution in [3.8, 4) is 0 Å². The third-order valence-electron chi connectivity index (χ3n) is 5.82. The molecule has 0 unspecified atom stereocenters. The van der Waals surface area contributed by atoms with E-state index in [2.05, 4.69) is 16.0 Å². The van der Waals surface area contributed by atoms with E-state index in [4.69, 9.17) is 0 Å². The average Bonchev–Trinajstić information content (AvgIpc) is 2.68. The van der Waals surface area contributed by atoms with Crippen LogP contribution in [0.25, 0.3) is 0 Å². The summed E-state index contributed by atoms with van der Waals surface area (Å²) in [6, 6.07) is 4.13. The van der Waals surface area contributed by atoms with Gasteiger partial charge in [0.1, 0.15) is 0 Å². The Morgan fingerprint density at radius 3 is 2.31 bits per heavy atom. The SMILES string of the molecule is CC(C)C(=O)N1CCC(C(=O)N2CCC(Cc3cccnc3)CC2)CC1. The van der Waals surface area contributed by atoms with E-state index in [0.717, 1.165) is 58.3 Å². The Labute approximate surface area is 156 Å². The van der Waals surface area contributed by atoms with Crippen LogP contribution in [-0.4, -0.2) is 52.8 Å². The van der Waals surface area contributed by atoms with Crippen molar-refractivity contribution in [2.24, 2.45) is 17.8 Å². The van der Waals surface area contributed by atoms with E-state index in [1.54, 1.807) is 0 Å². The molecule has 0 atom stereocenters. The first-order chi connectivity index (χ1) is 12.5. The molecule has 0 aromatic carbocycles. The van der Waals surface area contributed by atoms with E-state index in [1.165, 1.54) is 5.56 Å². The summed E-state index contributed by atoms with van der Waals surface area (Å²) in [5.41, 5.74) is 1.29. The third kappa shape index (κ3) is 4.63. The highest BCUT2D eigenvalue weighted by Gasteiger charge is 2.32. The fourth-order valence-corrected chi connectivity index (χ4v) is 4.18. The Kier molecular flexibility index (Phi) is 6.28. The van der Waals surface area contributed by atoms with Gasteiger partial charge in [-0.2, -0.15) is 0 Å². The summed E-state index contributed by atoms with van der Waals surface area (Å²) in [5.74, 6) is 1.31. The van der Waals surface area contributed by atoms with E-state index >= 15 is 0 Å². The van der Waals surface area contributed by atoms with Crippen molar-refractivity contribution in [1.29, 1.82) is 0 Å². The van der Waals surface area contributed by atoms with Crippen LogP contribution in [-0.2, 0) is 16.0 Å². The molecule has 0 bridgehead atoms. The van der Waals surface area contributed by atoms with Gasteiger partial charge >= 0.3 is 0 Å². The van der Waals surface area contributed by atoms with Crippen LogP contribution >= 0.6 is 0 Å². The maximum absolute atomic E-state index is 12.8. The van der Waals surface area contributed by atoms with Crippen molar-refractivity contribution >= 4 is 11.8 Å². The predicted octanol–water partition coefficient (Wildman–Crippen LogP) is 2.76. The third-order valence-corrected chi connectivity index (χ3v) is 5.82. The lowest BCUT2D eigenvalue weighted by Crippen LogP contribution is -2.47. The van der Waals surface area contributed by atoms with E-state index in [-0.39, 0.29) is 17.7 Å². The number of rotatable bonds is 4. The van der Waals surface area contributed by atoms with Crippen molar-refractivity contribution < 1.29 is 9.59 Å². The molecule has 1 aromatic heterocycles. The van der Waals surface area contributed by atoms with Crippen LogP contribution in [0.2, 0.25) is 0 Å². The molecule has 0 radical (unpaired) electrons. The number of amides is 2. The van der Waals surface area contributed by atoms with Crippen molar-refractivity contribution in [3.63, 3.8) is 0 Å². The fourth-order valence-electron chi connectivity index (χ4n) is 4.18. The molecule has 5 nitrogen and oxygen atoms in total. The van der Waals surface area contributed by atoms with Crippen LogP contribution < -0.4 is 0 Å². The number of hydrogen-bond acceptors (Lipinski definition) is 3. The van der Waals surface area contributed by atoms with Crippen LogP contribution in [0.15, 0.2) is 24.5 Å². The second-order valence-corrected chi connectivity index (χ2v) is 8.09. The standard InChI is InChI=1S/C21H31N3O2/c1-16(2)20(25)23-12-7-19(8-13-23)21(26)24-10-5-17(6-11-24)14-18-4-3-9-22-15-18/h3-4,9,15-17,19H,5-8,10-14H2,1-2H3. The van der Waals surface area contributed by atoms with Crippen molar-refractivity contribution in [1.82, 2.24) is 14.8 Å². The number of piperidine rings is 2. The van der Waals surface area contributed by atoms with Gasteiger partial charge in [-0.05, 0) is 49.7 Å². The summed E-state index contributed by atoms with van der Waals surface area (Å²) >= 11 is 0. The Balaban J connectivity index is 1.43. The molecule has 0 saturated carbocycles. The number of aromatic nitrogens is 1. The number of carbonyl (C=O) groups is 2. The summed E-state index contributed by atoms with van der Waals surface area (Å²) in [6.45, 7) is 7.07. The normalized spacial score (nSPS) is 19.8. The zero-order valence-corrected chi connectivity index (χ0v) is 16.1. The molecule has 0 spiro atoms. The fraction of sp³-hybridized carbons (Fsp3) is 0.667. The van der Waals surface area contributed by atoms with Gasteiger partial charge in [0.05, 0.1) is 0 Å². The summed E-state index contributed by atoms with van der Waals surface area (Å²) in [6.07, 6.45) is 8.59. The summed E-state index contributed by atoms with van der Waals surface area (Å²) in [5, 5.41) is 0. The average molecular weight is 357 g/mol. The lowest BCUT2D eigenvalue weighted by molar-refractivity contribution is -0.143. The minimum atomic E-state index is 0.0427. The number of nitrogens with zero attached hydrogens (tertiary/aromatic N) is 3. The lowest BCUT2D eigenvalue weighted by Gasteiger charge is -2.37. The largest absolute Gasteiger partial charge is 0.342 e. The smallest absolute Gasteiger partial charge is 0.225 e. The van der Waals surface area contributed by atoms with Crippen molar-refractivity contribution in [2.75, 3.05) is 26.2 Å². The first kappa shape index (κ1) is 18.9. The van der Waals surface area contributed by atoms with Gasteiger partial charge in [-0.3, -0.25) is 14.6 Å². The highest BCUT2D eigenvalue weighted by atomic mass is 16.2. The van der Waals surface area contributed by atoms with Gasteiger partial charge < -0.3 is 9.80 Å². The van der Waals surface area contributed by atoms with Crippen LogP contribution in [0.3, 0.4) is 0 Å². The monoisotopic (exact) mass is 357 g/mol. The second-order valence-electron chi connectivity index (χ2n) is 8.09. The Morgan fingerprint density at radius 1 is 1.08 bits per heavy atom. The van der Waals surface area contributed by atoms with Gasteiger partial charge in [-0.1, -0.05) is 19.9 Å². The summed E-state index contributed by atoms with van der Waals surface area (Å²) in [4.78, 5) is 33.1. The summed E-state index contributed by atoms with van der Waals surface area (Å²) < 4.78 is 0. The molecule has 1 aromatic rings. The first-order valence-corrected chi connectivity index (χ1v) is 10.0. The second kappa shape index (κ2) is 8.65. The molecule has 2 aliphatic rings. The molecule has 3 rings (SSSR count). The van der Waals surface area contributed by atoms with Crippen molar-refractivity contribution in [2.45, 2.75) is 46.0 Å². The number of likely N-dealkylation sites (tertiary alicyclic amines) is 2. The number of pyridine rings is 1. The highest BCUT2D eigenvalue weighted by Crippen LogP contribution is 2.26. The minimum absolute atomic E-state index is 0.0427. The van der Waals surface area contributed by atoms with Gasteiger partial charge in [-0.15, -0.1) is 0 Å². The van der Waals surface area contributed by atoms with Gasteiger partial charge in [0.2, 0.25) is 11.8 Å². The Morgan fingerprint density at radius 2 is 1.73 bits per heavy atom. The molecular formula is C21H31N3O2. The zero-order chi connectivity index (χ0) is 18.5. The molecule has 142 valence electrons. The van der Waals surface area contributed by atoms with Crippen LogP contribution in [0.5, 0.6) is 0 Å². The first-order valence-electron chi connectivity index (χ1n) is 10.0. The van der Waals surface area contributed by atoms with Crippen LogP contribution in [0.1, 0.15) is 45.1 Å². The number of carbonyl (C=O) groups excluding carboxylic acids is 2. The van der Waals surface area contributed by atoms with Gasteiger partial charge in [0, 0.05) is 50.4 Å². The molecule has 2 saturated heterocycles. The van der Waals surface area contributed by atoms with E-state index in [9.17, 15) is 9.59 Å². The van der Waals surface area contributed by atoms with Gasteiger partial charge in [0.15, 0.2) is 0 Å².